The molecule has 0 aliphatic carbocycles. The molecule has 0 amide bonds. The number of hydrogen-bond donors (Lipinski definition) is 3. The molecule has 1 heterocycles. The summed E-state index contributed by atoms with van der Waals surface area (Å²) in [6.07, 6.45) is 6.25. The molecular weight excluding hydrogens is 691 g/mol. The summed E-state index contributed by atoms with van der Waals surface area (Å²) in [5, 5.41) is 3.60. The highest BCUT2D eigenvalue weighted by molar-refractivity contribution is 5.30. The molecule has 5 rings (SSSR count). The van der Waals surface area contributed by atoms with Crippen molar-refractivity contribution < 1.29 is 9.47 Å². The Kier molecular flexibility index (Phi) is 23.2. The van der Waals surface area contributed by atoms with Gasteiger partial charge in [0.15, 0.2) is 0 Å². The van der Waals surface area contributed by atoms with Crippen molar-refractivity contribution in [3.8, 4) is 11.5 Å². The van der Waals surface area contributed by atoms with Crippen molar-refractivity contribution >= 4 is 0 Å². The van der Waals surface area contributed by atoms with Gasteiger partial charge in [-0.2, -0.15) is 0 Å². The standard InChI is InChI=1S/C26H40N4O.C16H19NO.C7H16/c1-2-3-13-29-15-17-30(18-16-29)14-5-12-28-21-24-6-4-7-25(19-24)22-31-26-10-8-23(20-27)9-11-26;1-2-13-4-3-5-15(10-13)12-18-16-8-6-14(11-17)7-9-16;1-6(2)5-7(3)4/h4,6-11,19,28H,2-3,5,12-18,20-22,27H2,1H3;3-10H,2,11-12,17H2,1H3;6-7H,5H2,1-4H3. The van der Waals surface area contributed by atoms with Crippen LogP contribution in [0.1, 0.15) is 101 Å². The molecule has 0 aromatic heterocycles. The van der Waals surface area contributed by atoms with Crippen molar-refractivity contribution in [2.45, 2.75) is 106 Å². The number of piperazine rings is 1. The molecule has 1 aliphatic heterocycles. The molecule has 5 N–H and O–H groups in total. The molecule has 0 atom stereocenters. The minimum Gasteiger partial charge on any atom is -0.489 e. The van der Waals surface area contributed by atoms with E-state index in [0.29, 0.717) is 26.3 Å². The van der Waals surface area contributed by atoms with Crippen molar-refractivity contribution in [3.63, 3.8) is 0 Å². The summed E-state index contributed by atoms with van der Waals surface area (Å²) in [4.78, 5) is 5.23. The van der Waals surface area contributed by atoms with E-state index in [4.69, 9.17) is 20.9 Å². The maximum Gasteiger partial charge on any atom is 0.119 e. The molecule has 56 heavy (non-hydrogen) atoms. The molecule has 0 radical (unpaired) electrons. The van der Waals surface area contributed by atoms with E-state index in [1.54, 1.807) is 0 Å². The Morgan fingerprint density at radius 2 is 1.02 bits per heavy atom. The predicted molar refractivity (Wildman–Crippen MR) is 238 cm³/mol. The number of ether oxygens (including phenoxy) is 2. The van der Waals surface area contributed by atoms with Gasteiger partial charge in [-0.15, -0.1) is 0 Å². The van der Waals surface area contributed by atoms with Gasteiger partial charge >= 0.3 is 0 Å². The van der Waals surface area contributed by atoms with Gasteiger partial charge in [0.1, 0.15) is 24.7 Å². The van der Waals surface area contributed by atoms with Crippen LogP contribution in [0, 0.1) is 11.8 Å². The van der Waals surface area contributed by atoms with Crippen molar-refractivity contribution in [1.82, 2.24) is 15.1 Å². The third-order valence-corrected chi connectivity index (χ3v) is 9.91. The highest BCUT2D eigenvalue weighted by Gasteiger charge is 2.15. The van der Waals surface area contributed by atoms with E-state index in [1.807, 2.05) is 48.5 Å². The summed E-state index contributed by atoms with van der Waals surface area (Å²) in [6.45, 7) is 25.2. The molecule has 0 bridgehead atoms. The summed E-state index contributed by atoms with van der Waals surface area (Å²) in [7, 11) is 0. The van der Waals surface area contributed by atoms with Gasteiger partial charge < -0.3 is 36.1 Å². The van der Waals surface area contributed by atoms with Gasteiger partial charge in [-0.1, -0.05) is 121 Å². The molecule has 7 heteroatoms. The molecule has 4 aromatic carbocycles. The Balaban J connectivity index is 0.000000282. The first-order valence-electron chi connectivity index (χ1n) is 21.4. The van der Waals surface area contributed by atoms with E-state index < -0.39 is 0 Å². The fraction of sp³-hybridized carbons (Fsp3) is 0.510. The van der Waals surface area contributed by atoms with Crippen molar-refractivity contribution in [2.75, 3.05) is 45.8 Å². The fourth-order valence-corrected chi connectivity index (χ4v) is 6.77. The van der Waals surface area contributed by atoms with Crippen LogP contribution in [-0.4, -0.2) is 55.6 Å². The summed E-state index contributed by atoms with van der Waals surface area (Å²) in [5.41, 5.74) is 18.5. The van der Waals surface area contributed by atoms with Gasteiger partial charge in [0.05, 0.1) is 0 Å². The van der Waals surface area contributed by atoms with Gasteiger partial charge in [0, 0.05) is 45.8 Å². The van der Waals surface area contributed by atoms with Gasteiger partial charge in [0.25, 0.3) is 0 Å². The van der Waals surface area contributed by atoms with E-state index in [1.165, 1.54) is 87.2 Å². The van der Waals surface area contributed by atoms with Gasteiger partial charge in [-0.3, -0.25) is 0 Å². The zero-order chi connectivity index (χ0) is 40.4. The Hall–Kier alpha value is -3.72. The maximum absolute atomic E-state index is 5.92. The number of rotatable bonds is 20. The van der Waals surface area contributed by atoms with E-state index in [9.17, 15) is 0 Å². The minimum absolute atomic E-state index is 0.561. The monoisotopic (exact) mass is 766 g/mol. The van der Waals surface area contributed by atoms with Crippen LogP contribution in [0.3, 0.4) is 0 Å². The van der Waals surface area contributed by atoms with E-state index in [2.05, 4.69) is 105 Å². The highest BCUT2D eigenvalue weighted by Crippen LogP contribution is 2.16. The lowest BCUT2D eigenvalue weighted by Crippen LogP contribution is -2.47. The largest absolute Gasteiger partial charge is 0.489 e. The van der Waals surface area contributed by atoms with E-state index >= 15 is 0 Å². The van der Waals surface area contributed by atoms with Crippen LogP contribution in [0.4, 0.5) is 0 Å². The molecule has 7 nitrogen and oxygen atoms in total. The molecule has 0 saturated carbocycles. The second-order valence-electron chi connectivity index (χ2n) is 15.9. The van der Waals surface area contributed by atoms with Crippen molar-refractivity contribution in [2.24, 2.45) is 23.3 Å². The Bertz CT molecular complexity index is 1560. The molecular formula is C49H75N5O2. The smallest absolute Gasteiger partial charge is 0.119 e. The topological polar surface area (TPSA) is 89.0 Å². The number of benzene rings is 4. The Morgan fingerprint density at radius 1 is 0.571 bits per heavy atom. The van der Waals surface area contributed by atoms with Crippen LogP contribution in [-0.2, 0) is 39.3 Å². The summed E-state index contributed by atoms with van der Waals surface area (Å²) in [6, 6.07) is 33.1. The second kappa shape index (κ2) is 27.8. The first-order valence-corrected chi connectivity index (χ1v) is 21.4. The quantitative estimate of drug-likeness (QED) is 0.0773. The van der Waals surface area contributed by atoms with E-state index in [-0.39, 0.29) is 0 Å². The van der Waals surface area contributed by atoms with E-state index in [0.717, 1.165) is 54.0 Å². The minimum atomic E-state index is 0.561. The van der Waals surface area contributed by atoms with Gasteiger partial charge in [-0.25, -0.2) is 0 Å². The number of hydrogen-bond acceptors (Lipinski definition) is 7. The lowest BCUT2D eigenvalue weighted by molar-refractivity contribution is 0.130. The fourth-order valence-electron chi connectivity index (χ4n) is 6.77. The third kappa shape index (κ3) is 19.9. The van der Waals surface area contributed by atoms with Crippen molar-refractivity contribution in [1.29, 1.82) is 0 Å². The van der Waals surface area contributed by atoms with Crippen LogP contribution >= 0.6 is 0 Å². The van der Waals surface area contributed by atoms with Gasteiger partial charge in [0.2, 0.25) is 0 Å². The maximum atomic E-state index is 5.92. The summed E-state index contributed by atoms with van der Waals surface area (Å²) >= 11 is 0. The average Bonchev–Trinajstić information content (AvgIpc) is 3.22. The van der Waals surface area contributed by atoms with Crippen LogP contribution < -0.4 is 26.3 Å². The highest BCUT2D eigenvalue weighted by atomic mass is 16.5. The number of aryl methyl sites for hydroxylation is 1. The molecule has 308 valence electrons. The average molecular weight is 766 g/mol. The number of unbranched alkanes of at least 4 members (excludes halogenated alkanes) is 1. The second-order valence-corrected chi connectivity index (χ2v) is 15.9. The van der Waals surface area contributed by atoms with Crippen LogP contribution in [0.25, 0.3) is 0 Å². The molecule has 1 aliphatic rings. The number of nitrogens with zero attached hydrogens (tertiary/aromatic N) is 2. The van der Waals surface area contributed by atoms with Crippen molar-refractivity contribution in [3.05, 3.63) is 130 Å². The van der Waals surface area contributed by atoms with Crippen LogP contribution in [0.5, 0.6) is 11.5 Å². The predicted octanol–water partition coefficient (Wildman–Crippen LogP) is 9.60. The summed E-state index contributed by atoms with van der Waals surface area (Å²) < 4.78 is 11.7. The SMILES string of the molecule is CC(C)CC(C)C.CCCCN1CCN(CCCNCc2cccc(COc3ccc(CN)cc3)c2)CC1.CCc1cccc(COc2ccc(CN)cc2)c1. The van der Waals surface area contributed by atoms with Crippen LogP contribution in [0.2, 0.25) is 0 Å². The first kappa shape index (κ1) is 46.7. The van der Waals surface area contributed by atoms with Gasteiger partial charge in [-0.05, 0) is 115 Å². The molecule has 1 saturated heterocycles. The molecule has 1 fully saturated rings. The molecule has 0 unspecified atom stereocenters. The number of nitrogens with one attached hydrogen (secondary N) is 1. The normalized spacial score (nSPS) is 13.2. The number of nitrogens with two attached hydrogens (primary N) is 2. The zero-order valence-corrected chi connectivity index (χ0v) is 35.8. The lowest BCUT2D eigenvalue weighted by atomic mass is 10.0. The molecule has 4 aromatic rings. The Morgan fingerprint density at radius 3 is 1.45 bits per heavy atom. The first-order chi connectivity index (χ1) is 27.2. The summed E-state index contributed by atoms with van der Waals surface area (Å²) in [5.74, 6) is 3.51. The third-order valence-electron chi connectivity index (χ3n) is 9.91. The zero-order valence-electron chi connectivity index (χ0n) is 35.8. The molecule has 0 spiro atoms. The lowest BCUT2D eigenvalue weighted by Gasteiger charge is -2.34. The van der Waals surface area contributed by atoms with Crippen LogP contribution in [0.15, 0.2) is 97.1 Å². The Labute approximate surface area is 341 Å².